The minimum Gasteiger partial charge on any atom is -0.497 e. The van der Waals surface area contributed by atoms with Gasteiger partial charge in [-0.2, -0.15) is 0 Å². The van der Waals surface area contributed by atoms with Gasteiger partial charge in [0.1, 0.15) is 22.9 Å². The van der Waals surface area contributed by atoms with Crippen LogP contribution in [0.4, 0.5) is 11.5 Å². The van der Waals surface area contributed by atoms with Gasteiger partial charge in [-0.1, -0.05) is 0 Å². The number of nitrogens with zero attached hydrogens (tertiary/aromatic N) is 2. The van der Waals surface area contributed by atoms with E-state index in [1.165, 1.54) is 11.1 Å². The summed E-state index contributed by atoms with van der Waals surface area (Å²) >= 11 is 0. The SMILES string of the molecule is COc1ccc(-c2nnc(Nc3cc(OC)ccc3OC)c3cc(C)c(C)cc23)cc1. The average molecular weight is 415 g/mol. The second-order valence-corrected chi connectivity index (χ2v) is 7.30. The van der Waals surface area contributed by atoms with Crippen molar-refractivity contribution >= 4 is 22.3 Å². The first-order valence-electron chi connectivity index (χ1n) is 9.95. The van der Waals surface area contributed by atoms with Crippen molar-refractivity contribution in [2.75, 3.05) is 26.6 Å². The fourth-order valence-corrected chi connectivity index (χ4v) is 3.51. The Kier molecular flexibility index (Phi) is 5.62. The van der Waals surface area contributed by atoms with E-state index in [0.29, 0.717) is 11.6 Å². The van der Waals surface area contributed by atoms with Crippen LogP contribution in [0, 0.1) is 13.8 Å². The van der Waals surface area contributed by atoms with Gasteiger partial charge in [0.2, 0.25) is 0 Å². The molecule has 31 heavy (non-hydrogen) atoms. The van der Waals surface area contributed by atoms with Gasteiger partial charge < -0.3 is 19.5 Å². The highest BCUT2D eigenvalue weighted by Gasteiger charge is 2.15. The number of fused-ring (bicyclic) bond motifs is 1. The number of aromatic nitrogens is 2. The van der Waals surface area contributed by atoms with Gasteiger partial charge in [0.15, 0.2) is 5.82 Å². The monoisotopic (exact) mass is 415 g/mol. The molecule has 0 radical (unpaired) electrons. The molecule has 0 saturated heterocycles. The molecule has 0 aliphatic carbocycles. The Bertz CT molecular complexity index is 1240. The summed E-state index contributed by atoms with van der Waals surface area (Å²) in [6.45, 7) is 4.20. The summed E-state index contributed by atoms with van der Waals surface area (Å²) < 4.78 is 16.2. The second-order valence-electron chi connectivity index (χ2n) is 7.30. The van der Waals surface area contributed by atoms with Gasteiger partial charge in [0.05, 0.1) is 27.0 Å². The molecule has 0 bridgehead atoms. The fraction of sp³-hybridized carbons (Fsp3) is 0.200. The Morgan fingerprint density at radius 2 is 1.32 bits per heavy atom. The Labute approximate surface area is 181 Å². The van der Waals surface area contributed by atoms with Gasteiger partial charge in [-0.3, -0.25) is 0 Å². The van der Waals surface area contributed by atoms with Crippen LogP contribution in [0.25, 0.3) is 22.0 Å². The van der Waals surface area contributed by atoms with Gasteiger partial charge in [-0.05, 0) is 73.5 Å². The third-order valence-electron chi connectivity index (χ3n) is 5.42. The summed E-state index contributed by atoms with van der Waals surface area (Å²) in [6.07, 6.45) is 0. The van der Waals surface area contributed by atoms with Crippen LogP contribution >= 0.6 is 0 Å². The minimum absolute atomic E-state index is 0.655. The standard InChI is InChI=1S/C25H25N3O3/c1-15-12-20-21(13-16(15)2)25(26-22-14-19(30-4)10-11-23(22)31-5)28-27-24(20)17-6-8-18(29-3)9-7-17/h6-14H,1-5H3,(H,26,28). The van der Waals surface area contributed by atoms with Gasteiger partial charge in [-0.25, -0.2) is 0 Å². The predicted octanol–water partition coefficient (Wildman–Crippen LogP) is 5.68. The van der Waals surface area contributed by atoms with Crippen molar-refractivity contribution in [3.05, 3.63) is 65.7 Å². The van der Waals surface area contributed by atoms with Crippen LogP contribution in [0.1, 0.15) is 11.1 Å². The van der Waals surface area contributed by atoms with Gasteiger partial charge in [0, 0.05) is 22.4 Å². The van der Waals surface area contributed by atoms with Crippen molar-refractivity contribution in [3.63, 3.8) is 0 Å². The first-order chi connectivity index (χ1) is 15.0. The molecular formula is C25H25N3O3. The van der Waals surface area contributed by atoms with Crippen LogP contribution in [-0.2, 0) is 0 Å². The van der Waals surface area contributed by atoms with Gasteiger partial charge in [-0.15, -0.1) is 10.2 Å². The summed E-state index contributed by atoms with van der Waals surface area (Å²) in [5.41, 5.74) is 4.94. The lowest BCUT2D eigenvalue weighted by Crippen LogP contribution is -2.02. The topological polar surface area (TPSA) is 65.5 Å². The molecule has 6 nitrogen and oxygen atoms in total. The Balaban J connectivity index is 1.87. The maximum Gasteiger partial charge on any atom is 0.161 e. The molecule has 0 aliphatic heterocycles. The molecule has 6 heteroatoms. The number of hydrogen-bond acceptors (Lipinski definition) is 6. The quantitative estimate of drug-likeness (QED) is 0.437. The number of aryl methyl sites for hydroxylation is 2. The number of methoxy groups -OCH3 is 3. The van der Waals surface area contributed by atoms with Crippen molar-refractivity contribution in [3.8, 4) is 28.5 Å². The third kappa shape index (κ3) is 3.97. The van der Waals surface area contributed by atoms with Crippen molar-refractivity contribution in [1.29, 1.82) is 0 Å². The number of anilines is 2. The van der Waals surface area contributed by atoms with Gasteiger partial charge in [0.25, 0.3) is 0 Å². The van der Waals surface area contributed by atoms with Gasteiger partial charge >= 0.3 is 0 Å². The molecule has 1 aromatic heterocycles. The lowest BCUT2D eigenvalue weighted by molar-refractivity contribution is 0.405. The largest absolute Gasteiger partial charge is 0.497 e. The molecule has 0 amide bonds. The summed E-state index contributed by atoms with van der Waals surface area (Å²) in [7, 11) is 4.93. The summed E-state index contributed by atoms with van der Waals surface area (Å²) in [4.78, 5) is 0. The van der Waals surface area contributed by atoms with Crippen LogP contribution in [-0.4, -0.2) is 31.5 Å². The Hall–Kier alpha value is -3.80. The van der Waals surface area contributed by atoms with E-state index in [9.17, 15) is 0 Å². The lowest BCUT2D eigenvalue weighted by atomic mass is 9.99. The van der Waals surface area contributed by atoms with E-state index >= 15 is 0 Å². The van der Waals surface area contributed by atoms with E-state index in [0.717, 1.165) is 39.2 Å². The number of nitrogens with one attached hydrogen (secondary N) is 1. The van der Waals surface area contributed by atoms with Crippen molar-refractivity contribution < 1.29 is 14.2 Å². The lowest BCUT2D eigenvalue weighted by Gasteiger charge is -2.15. The van der Waals surface area contributed by atoms with E-state index in [4.69, 9.17) is 14.2 Å². The summed E-state index contributed by atoms with van der Waals surface area (Å²) in [5.74, 6) is 2.87. The van der Waals surface area contributed by atoms with Crippen molar-refractivity contribution in [2.24, 2.45) is 0 Å². The normalized spacial score (nSPS) is 10.7. The van der Waals surface area contributed by atoms with E-state index in [1.54, 1.807) is 21.3 Å². The molecule has 0 aliphatic rings. The van der Waals surface area contributed by atoms with E-state index < -0.39 is 0 Å². The van der Waals surface area contributed by atoms with Crippen LogP contribution < -0.4 is 19.5 Å². The number of benzene rings is 3. The third-order valence-corrected chi connectivity index (χ3v) is 5.42. The molecule has 1 N–H and O–H groups in total. The van der Waals surface area contributed by atoms with E-state index in [2.05, 4.69) is 41.5 Å². The zero-order chi connectivity index (χ0) is 22.0. The fourth-order valence-electron chi connectivity index (χ4n) is 3.51. The maximum atomic E-state index is 5.51. The number of rotatable bonds is 6. The average Bonchev–Trinajstić information content (AvgIpc) is 2.80. The summed E-state index contributed by atoms with van der Waals surface area (Å²) in [5, 5.41) is 14.5. The highest BCUT2D eigenvalue weighted by Crippen LogP contribution is 2.36. The summed E-state index contributed by atoms with van der Waals surface area (Å²) in [6, 6.07) is 17.7. The van der Waals surface area contributed by atoms with Crippen LogP contribution in [0.2, 0.25) is 0 Å². The van der Waals surface area contributed by atoms with Crippen LogP contribution in [0.3, 0.4) is 0 Å². The highest BCUT2D eigenvalue weighted by molar-refractivity contribution is 6.02. The van der Waals surface area contributed by atoms with Crippen LogP contribution in [0.5, 0.6) is 17.2 Å². The Morgan fingerprint density at radius 3 is 1.97 bits per heavy atom. The molecule has 4 rings (SSSR count). The molecule has 1 heterocycles. The predicted molar refractivity (Wildman–Crippen MR) is 124 cm³/mol. The van der Waals surface area contributed by atoms with Crippen molar-refractivity contribution in [2.45, 2.75) is 13.8 Å². The molecule has 0 unspecified atom stereocenters. The first-order valence-corrected chi connectivity index (χ1v) is 9.95. The van der Waals surface area contributed by atoms with Crippen molar-refractivity contribution in [1.82, 2.24) is 10.2 Å². The second kappa shape index (κ2) is 8.52. The highest BCUT2D eigenvalue weighted by atomic mass is 16.5. The Morgan fingerprint density at radius 1 is 0.677 bits per heavy atom. The zero-order valence-corrected chi connectivity index (χ0v) is 18.3. The smallest absolute Gasteiger partial charge is 0.161 e. The zero-order valence-electron chi connectivity index (χ0n) is 18.3. The molecule has 4 aromatic rings. The number of ether oxygens (including phenoxy) is 3. The number of hydrogen-bond donors (Lipinski definition) is 1. The maximum absolute atomic E-state index is 5.51. The molecule has 3 aromatic carbocycles. The van der Waals surface area contributed by atoms with Crippen LogP contribution in [0.15, 0.2) is 54.6 Å². The minimum atomic E-state index is 0.655. The molecule has 0 spiro atoms. The molecule has 0 saturated carbocycles. The van der Waals surface area contributed by atoms with E-state index in [-0.39, 0.29) is 0 Å². The van der Waals surface area contributed by atoms with E-state index in [1.807, 2.05) is 42.5 Å². The molecule has 158 valence electrons. The first kappa shape index (κ1) is 20.5. The molecular weight excluding hydrogens is 390 g/mol. The molecule has 0 fully saturated rings. The molecule has 0 atom stereocenters.